The van der Waals surface area contributed by atoms with Gasteiger partial charge in [-0.25, -0.2) is 0 Å². The molecule has 3 heterocycles. The van der Waals surface area contributed by atoms with Gasteiger partial charge < -0.3 is 14.8 Å². The molecule has 2 aliphatic rings. The Kier molecular flexibility index (Phi) is 3.28. The molecule has 5 rings (SSSR count). The molecule has 1 atom stereocenters. The van der Waals surface area contributed by atoms with E-state index in [0.717, 1.165) is 16.9 Å². The summed E-state index contributed by atoms with van der Waals surface area (Å²) in [5, 5.41) is 3.47. The second-order valence-corrected chi connectivity index (χ2v) is 6.09. The summed E-state index contributed by atoms with van der Waals surface area (Å²) in [5.74, 6) is 1.26. The Balaban J connectivity index is 1.65. The van der Waals surface area contributed by atoms with Gasteiger partial charge in [0.15, 0.2) is 11.5 Å². The maximum absolute atomic E-state index is 13.3. The van der Waals surface area contributed by atoms with Crippen molar-refractivity contribution in [3.8, 4) is 11.5 Å². The maximum Gasteiger partial charge on any atom is 0.262 e. The Morgan fingerprint density at radius 3 is 2.69 bits per heavy atom. The van der Waals surface area contributed by atoms with Gasteiger partial charge in [-0.15, -0.1) is 0 Å². The lowest BCUT2D eigenvalue weighted by molar-refractivity contribution is 0.0975. The lowest BCUT2D eigenvalue weighted by Gasteiger charge is -2.38. The lowest BCUT2D eigenvalue weighted by atomic mass is 10.0. The molecule has 0 saturated heterocycles. The van der Waals surface area contributed by atoms with Crippen LogP contribution in [-0.4, -0.2) is 17.7 Å². The summed E-state index contributed by atoms with van der Waals surface area (Å²) >= 11 is 0. The molecule has 6 nitrogen and oxygen atoms in total. The number of benzene rings is 2. The van der Waals surface area contributed by atoms with Crippen molar-refractivity contribution in [1.29, 1.82) is 0 Å². The molecule has 0 saturated carbocycles. The molecule has 3 aromatic rings. The molecule has 0 aliphatic carbocycles. The van der Waals surface area contributed by atoms with Gasteiger partial charge in [0, 0.05) is 24.1 Å². The molecule has 0 bridgehead atoms. The van der Waals surface area contributed by atoms with E-state index in [1.165, 1.54) is 0 Å². The minimum Gasteiger partial charge on any atom is -0.454 e. The minimum absolute atomic E-state index is 0.0694. The molecule has 1 N–H and O–H groups in total. The van der Waals surface area contributed by atoms with Crippen molar-refractivity contribution in [3.63, 3.8) is 0 Å². The number of nitrogens with one attached hydrogen (secondary N) is 1. The summed E-state index contributed by atoms with van der Waals surface area (Å²) in [5.41, 5.74) is 3.13. The van der Waals surface area contributed by atoms with E-state index in [1.807, 2.05) is 54.6 Å². The Bertz CT molecular complexity index is 991. The van der Waals surface area contributed by atoms with E-state index in [-0.39, 0.29) is 18.9 Å². The van der Waals surface area contributed by atoms with Crippen molar-refractivity contribution in [1.82, 2.24) is 4.98 Å². The molecule has 2 aromatic carbocycles. The number of aromatic nitrogens is 1. The van der Waals surface area contributed by atoms with Gasteiger partial charge in [0.25, 0.3) is 5.91 Å². The second kappa shape index (κ2) is 5.77. The normalized spacial score (nSPS) is 17.6. The van der Waals surface area contributed by atoms with Crippen LogP contribution in [0.5, 0.6) is 11.5 Å². The molecule has 1 amide bonds. The van der Waals surface area contributed by atoms with Gasteiger partial charge in [-0.05, 0) is 42.0 Å². The molecule has 0 fully saturated rings. The molecule has 2 aliphatic heterocycles. The number of amides is 1. The van der Waals surface area contributed by atoms with Crippen LogP contribution in [-0.2, 0) is 0 Å². The first kappa shape index (κ1) is 14.8. The number of para-hydroxylation sites is 1. The van der Waals surface area contributed by atoms with Crippen molar-refractivity contribution >= 4 is 17.3 Å². The Labute approximate surface area is 150 Å². The number of ether oxygens (including phenoxy) is 2. The molecule has 26 heavy (non-hydrogen) atoms. The smallest absolute Gasteiger partial charge is 0.262 e. The second-order valence-electron chi connectivity index (χ2n) is 6.09. The summed E-state index contributed by atoms with van der Waals surface area (Å²) in [6.07, 6.45) is 3.10. The van der Waals surface area contributed by atoms with Gasteiger partial charge in [0.2, 0.25) is 6.79 Å². The highest BCUT2D eigenvalue weighted by Gasteiger charge is 2.34. The van der Waals surface area contributed by atoms with Crippen LogP contribution in [0.4, 0.5) is 11.4 Å². The molecule has 0 spiro atoms. The van der Waals surface area contributed by atoms with Crippen LogP contribution >= 0.6 is 0 Å². The number of nitrogens with zero attached hydrogens (tertiary/aromatic N) is 2. The molecular weight excluding hydrogens is 330 g/mol. The lowest BCUT2D eigenvalue weighted by Crippen LogP contribution is -2.43. The number of pyridine rings is 1. The Hall–Kier alpha value is -3.54. The van der Waals surface area contributed by atoms with Crippen molar-refractivity contribution in [2.75, 3.05) is 17.0 Å². The van der Waals surface area contributed by atoms with Gasteiger partial charge in [-0.2, -0.15) is 0 Å². The van der Waals surface area contributed by atoms with E-state index in [0.29, 0.717) is 17.1 Å². The first-order valence-electron chi connectivity index (χ1n) is 8.30. The van der Waals surface area contributed by atoms with E-state index in [1.54, 1.807) is 17.3 Å². The standard InChI is InChI=1S/C20H15N3O3/c24-20-15-3-1-2-4-16(15)22-19(13-7-9-21-10-8-13)23(20)14-5-6-17-18(11-14)26-12-25-17/h1-11,19,22H,12H2/t19-/m0/s1. The fraction of sp³-hybridized carbons (Fsp3) is 0.100. The fourth-order valence-electron chi connectivity index (χ4n) is 3.33. The largest absolute Gasteiger partial charge is 0.454 e. The topological polar surface area (TPSA) is 63.7 Å². The van der Waals surface area contributed by atoms with Crippen LogP contribution in [0, 0.1) is 0 Å². The van der Waals surface area contributed by atoms with Crippen LogP contribution in [0.25, 0.3) is 0 Å². The molecule has 0 radical (unpaired) electrons. The predicted octanol–water partition coefficient (Wildman–Crippen LogP) is 3.58. The average molecular weight is 345 g/mol. The quantitative estimate of drug-likeness (QED) is 0.769. The van der Waals surface area contributed by atoms with Gasteiger partial charge >= 0.3 is 0 Å². The molecule has 0 unspecified atom stereocenters. The van der Waals surface area contributed by atoms with Crippen LogP contribution < -0.4 is 19.7 Å². The van der Waals surface area contributed by atoms with E-state index in [9.17, 15) is 4.79 Å². The van der Waals surface area contributed by atoms with Crippen LogP contribution in [0.1, 0.15) is 22.1 Å². The fourth-order valence-corrected chi connectivity index (χ4v) is 3.33. The summed E-state index contributed by atoms with van der Waals surface area (Å²) in [6.45, 7) is 0.196. The number of rotatable bonds is 2. The van der Waals surface area contributed by atoms with Crippen LogP contribution in [0.15, 0.2) is 67.0 Å². The van der Waals surface area contributed by atoms with Crippen molar-refractivity contribution in [3.05, 3.63) is 78.1 Å². The molecule has 1 aromatic heterocycles. The van der Waals surface area contributed by atoms with Gasteiger partial charge in [-0.1, -0.05) is 12.1 Å². The zero-order valence-corrected chi connectivity index (χ0v) is 13.8. The Morgan fingerprint density at radius 2 is 1.81 bits per heavy atom. The summed E-state index contributed by atoms with van der Waals surface area (Å²) in [7, 11) is 0. The van der Waals surface area contributed by atoms with E-state index in [4.69, 9.17) is 9.47 Å². The average Bonchev–Trinajstić information content (AvgIpc) is 3.16. The number of hydrogen-bond donors (Lipinski definition) is 1. The highest BCUT2D eigenvalue weighted by molar-refractivity contribution is 6.12. The zero-order valence-electron chi connectivity index (χ0n) is 13.8. The summed E-state index contributed by atoms with van der Waals surface area (Å²) < 4.78 is 10.9. The molecule has 6 heteroatoms. The van der Waals surface area contributed by atoms with Crippen LogP contribution in [0.2, 0.25) is 0 Å². The highest BCUT2D eigenvalue weighted by Crippen LogP contribution is 2.41. The van der Waals surface area contributed by atoms with Crippen molar-refractivity contribution < 1.29 is 14.3 Å². The molecule has 128 valence electrons. The zero-order chi connectivity index (χ0) is 17.5. The van der Waals surface area contributed by atoms with E-state index in [2.05, 4.69) is 10.3 Å². The number of hydrogen-bond acceptors (Lipinski definition) is 5. The van der Waals surface area contributed by atoms with Crippen LogP contribution in [0.3, 0.4) is 0 Å². The van der Waals surface area contributed by atoms with Gasteiger partial charge in [0.1, 0.15) is 6.17 Å². The van der Waals surface area contributed by atoms with Crippen molar-refractivity contribution in [2.24, 2.45) is 0 Å². The number of carbonyl (C=O) groups excluding carboxylic acids is 1. The van der Waals surface area contributed by atoms with E-state index < -0.39 is 0 Å². The third-order valence-corrected chi connectivity index (χ3v) is 4.58. The minimum atomic E-state index is -0.347. The van der Waals surface area contributed by atoms with E-state index >= 15 is 0 Å². The predicted molar refractivity (Wildman–Crippen MR) is 96.4 cm³/mol. The number of anilines is 2. The first-order valence-corrected chi connectivity index (χ1v) is 8.30. The van der Waals surface area contributed by atoms with Gasteiger partial charge in [0.05, 0.1) is 11.3 Å². The summed E-state index contributed by atoms with van der Waals surface area (Å²) in [6, 6.07) is 16.9. The maximum atomic E-state index is 13.3. The summed E-state index contributed by atoms with van der Waals surface area (Å²) in [4.78, 5) is 19.1. The number of carbonyl (C=O) groups is 1. The highest BCUT2D eigenvalue weighted by atomic mass is 16.7. The van der Waals surface area contributed by atoms with Crippen molar-refractivity contribution in [2.45, 2.75) is 6.17 Å². The number of fused-ring (bicyclic) bond motifs is 2. The Morgan fingerprint density at radius 1 is 1.00 bits per heavy atom. The van der Waals surface area contributed by atoms with Gasteiger partial charge in [-0.3, -0.25) is 14.7 Å². The third-order valence-electron chi connectivity index (χ3n) is 4.58. The SMILES string of the molecule is O=C1c2ccccc2N[C@H](c2ccncc2)N1c1ccc2c(c1)OCO2. The monoisotopic (exact) mass is 345 g/mol. The third kappa shape index (κ3) is 2.27. The first-order chi connectivity index (χ1) is 12.8. The molecular formula is C20H15N3O3.